The molecule has 1 aromatic carbocycles. The number of hydrogen-bond donors (Lipinski definition) is 3. The van der Waals surface area contributed by atoms with Crippen LogP contribution in [0.5, 0.6) is 5.75 Å². The number of aromatic nitrogens is 2. The van der Waals surface area contributed by atoms with E-state index >= 15 is 0 Å². The molecule has 2 aromatic heterocycles. The van der Waals surface area contributed by atoms with Crippen molar-refractivity contribution in [3.05, 3.63) is 65.4 Å². The Morgan fingerprint density at radius 1 is 1.15 bits per heavy atom. The molecular formula is C17H13FN3NaO4. The minimum Gasteiger partial charge on any atom is -1.00 e. The Bertz CT molecular complexity index is 986. The summed E-state index contributed by atoms with van der Waals surface area (Å²) >= 11 is 0. The van der Waals surface area contributed by atoms with Crippen LogP contribution in [-0.4, -0.2) is 32.1 Å². The number of aromatic hydroxyl groups is 1. The van der Waals surface area contributed by atoms with Gasteiger partial charge in [0.05, 0.1) is 0 Å². The number of nitrogens with one attached hydrogen (secondary N) is 1. The number of carboxylic acids is 1. The first-order valence-corrected chi connectivity index (χ1v) is 7.21. The van der Waals surface area contributed by atoms with Crippen LogP contribution < -0.4 is 34.9 Å². The van der Waals surface area contributed by atoms with E-state index in [9.17, 15) is 24.2 Å². The zero-order valence-corrected chi connectivity index (χ0v) is 15.7. The van der Waals surface area contributed by atoms with E-state index in [0.29, 0.717) is 5.56 Å². The van der Waals surface area contributed by atoms with Gasteiger partial charge in [-0.2, -0.15) is 0 Å². The van der Waals surface area contributed by atoms with Gasteiger partial charge < -0.3 is 17.0 Å². The van der Waals surface area contributed by atoms with Crippen LogP contribution in [-0.2, 0) is 6.54 Å². The van der Waals surface area contributed by atoms with Crippen molar-refractivity contribution in [2.24, 2.45) is 0 Å². The number of amides is 1. The Morgan fingerprint density at radius 3 is 2.50 bits per heavy atom. The summed E-state index contributed by atoms with van der Waals surface area (Å²) in [6.45, 7) is 0.0584. The summed E-state index contributed by atoms with van der Waals surface area (Å²) in [7, 11) is 0. The second-order valence-electron chi connectivity index (χ2n) is 5.17. The van der Waals surface area contributed by atoms with Crippen molar-refractivity contribution < 1.29 is 55.2 Å². The average molecular weight is 365 g/mol. The molecule has 9 heteroatoms. The van der Waals surface area contributed by atoms with Crippen LogP contribution in [0.15, 0.2) is 42.6 Å². The van der Waals surface area contributed by atoms with Crippen LogP contribution in [0, 0.1) is 5.82 Å². The Kier molecular flexibility index (Phi) is 6.25. The number of hydrogen-bond acceptors (Lipinski definition) is 5. The van der Waals surface area contributed by atoms with Crippen LogP contribution in [0.2, 0.25) is 0 Å². The third-order valence-corrected chi connectivity index (χ3v) is 3.52. The number of benzene rings is 1. The van der Waals surface area contributed by atoms with Crippen molar-refractivity contribution >= 4 is 22.8 Å². The zero-order valence-electron chi connectivity index (χ0n) is 14.7. The summed E-state index contributed by atoms with van der Waals surface area (Å²) in [5.41, 5.74) is -0.216. The maximum atomic E-state index is 12.9. The molecule has 0 radical (unpaired) electrons. The number of rotatable bonds is 4. The van der Waals surface area contributed by atoms with Crippen molar-refractivity contribution in [2.45, 2.75) is 6.54 Å². The van der Waals surface area contributed by atoms with Crippen LogP contribution in [0.25, 0.3) is 10.9 Å². The van der Waals surface area contributed by atoms with Gasteiger partial charge in [-0.05, 0) is 29.8 Å². The van der Waals surface area contributed by atoms with E-state index in [2.05, 4.69) is 15.3 Å². The van der Waals surface area contributed by atoms with Crippen molar-refractivity contribution in [3.63, 3.8) is 0 Å². The third-order valence-electron chi connectivity index (χ3n) is 3.52. The van der Waals surface area contributed by atoms with Crippen LogP contribution in [0.4, 0.5) is 4.39 Å². The molecule has 0 aliphatic rings. The van der Waals surface area contributed by atoms with Gasteiger partial charge >= 0.3 is 35.5 Å². The summed E-state index contributed by atoms with van der Waals surface area (Å²) in [4.78, 5) is 31.4. The molecule has 0 bridgehead atoms. The Balaban J connectivity index is 0.00000182. The topological polar surface area (TPSA) is 112 Å². The first-order chi connectivity index (χ1) is 12.0. The second-order valence-corrected chi connectivity index (χ2v) is 5.17. The quantitative estimate of drug-likeness (QED) is 0.523. The fraction of sp³-hybridized carbons (Fsp3) is 0.0588. The zero-order chi connectivity index (χ0) is 18.0. The van der Waals surface area contributed by atoms with E-state index in [1.54, 1.807) is 0 Å². The van der Waals surface area contributed by atoms with Gasteiger partial charge in [0.1, 0.15) is 11.3 Å². The van der Waals surface area contributed by atoms with E-state index in [4.69, 9.17) is 0 Å². The molecule has 1 amide bonds. The molecule has 3 aromatic rings. The summed E-state index contributed by atoms with van der Waals surface area (Å²) in [5, 5.41) is 22.1. The summed E-state index contributed by atoms with van der Waals surface area (Å²) in [6, 6.07) is 8.43. The number of carbonyl (C=O) groups excluding carboxylic acids is 1. The number of pyridine rings is 2. The molecule has 0 spiro atoms. The van der Waals surface area contributed by atoms with E-state index < -0.39 is 29.1 Å². The average Bonchev–Trinajstić information content (AvgIpc) is 2.61. The Hall–Kier alpha value is -2.55. The van der Waals surface area contributed by atoms with Crippen molar-refractivity contribution in [3.8, 4) is 5.75 Å². The molecule has 3 N–H and O–H groups in total. The minimum absolute atomic E-state index is 0. The fourth-order valence-electron chi connectivity index (χ4n) is 2.31. The molecular weight excluding hydrogens is 352 g/mol. The molecule has 0 atom stereocenters. The number of carboxylic acid groups (broad SMARTS) is 1. The van der Waals surface area contributed by atoms with E-state index in [-0.39, 0.29) is 54.1 Å². The molecule has 26 heavy (non-hydrogen) atoms. The number of nitrogens with zero attached hydrogens (tertiary/aromatic N) is 2. The molecule has 0 aliphatic carbocycles. The molecule has 0 unspecified atom stereocenters. The molecule has 0 saturated carbocycles. The first-order valence-electron chi connectivity index (χ1n) is 7.21. The fourth-order valence-corrected chi connectivity index (χ4v) is 2.31. The maximum Gasteiger partial charge on any atom is 1.00 e. The van der Waals surface area contributed by atoms with Crippen LogP contribution >= 0.6 is 0 Å². The third kappa shape index (κ3) is 3.98. The van der Waals surface area contributed by atoms with Gasteiger partial charge in [-0.1, -0.05) is 12.1 Å². The van der Waals surface area contributed by atoms with Crippen LogP contribution in [0.3, 0.4) is 0 Å². The largest absolute Gasteiger partial charge is 1.00 e. The summed E-state index contributed by atoms with van der Waals surface area (Å²) in [5.74, 6) is -3.01. The van der Waals surface area contributed by atoms with E-state index in [0.717, 1.165) is 0 Å². The number of halogens is 1. The normalized spacial score (nSPS) is 10.2. The smallest absolute Gasteiger partial charge is 1.00 e. The molecule has 0 fully saturated rings. The van der Waals surface area contributed by atoms with Gasteiger partial charge in [0.15, 0.2) is 17.1 Å². The molecule has 0 saturated heterocycles. The van der Waals surface area contributed by atoms with Gasteiger partial charge in [0, 0.05) is 18.1 Å². The van der Waals surface area contributed by atoms with Crippen molar-refractivity contribution in [2.75, 3.05) is 0 Å². The summed E-state index contributed by atoms with van der Waals surface area (Å²) in [6.07, 6.45) is 1.37. The molecule has 3 rings (SSSR count). The Morgan fingerprint density at radius 2 is 1.85 bits per heavy atom. The number of aromatic carboxylic acids is 1. The molecule has 128 valence electrons. The number of fused-ring (bicyclic) bond motifs is 1. The summed E-state index contributed by atoms with van der Waals surface area (Å²) < 4.78 is 12.9. The van der Waals surface area contributed by atoms with Gasteiger partial charge in [-0.3, -0.25) is 9.78 Å². The maximum absolute atomic E-state index is 12.9. The van der Waals surface area contributed by atoms with Gasteiger partial charge in [-0.25, -0.2) is 14.2 Å². The van der Waals surface area contributed by atoms with Crippen LogP contribution in [0.1, 0.15) is 28.0 Å². The molecule has 0 aliphatic heterocycles. The first kappa shape index (κ1) is 19.8. The predicted octanol–water partition coefficient (Wildman–Crippen LogP) is -0.781. The van der Waals surface area contributed by atoms with Gasteiger partial charge in [0.25, 0.3) is 5.91 Å². The predicted molar refractivity (Wildman–Crippen MR) is 86.8 cm³/mol. The van der Waals surface area contributed by atoms with E-state index in [1.165, 1.54) is 42.6 Å². The molecule has 2 heterocycles. The van der Waals surface area contributed by atoms with Crippen molar-refractivity contribution in [1.29, 1.82) is 0 Å². The second kappa shape index (κ2) is 8.22. The number of carbonyl (C=O) groups is 2. The van der Waals surface area contributed by atoms with Gasteiger partial charge in [0.2, 0.25) is 0 Å². The minimum atomic E-state index is -1.34. The van der Waals surface area contributed by atoms with Gasteiger partial charge in [-0.15, -0.1) is 0 Å². The molecule has 7 nitrogen and oxygen atoms in total. The Labute approximate surface area is 170 Å². The SMILES string of the molecule is O=C(NCc1ccc(F)cc1)c1nc(C(=O)O)c2cccnc2c1O.[H-].[Na+]. The van der Waals surface area contributed by atoms with E-state index in [1.807, 2.05) is 0 Å². The standard InChI is InChI=1S/C17H12FN3O4.Na.H/c18-10-5-3-9(4-6-10)8-20-16(23)14-15(22)12-11(2-1-7-19-12)13(21-14)17(24)25;;/h1-7,22H,8H2,(H,20,23)(H,24,25);;/q;+1;-1. The van der Waals surface area contributed by atoms with Crippen molar-refractivity contribution in [1.82, 2.24) is 15.3 Å². The monoisotopic (exact) mass is 365 g/mol.